The standard InChI is InChI=1S/C29H37F2N3O2/c1-3-5-6-7-8-9-19-35-25-14-13-24(27(30)28(25)31)22(11-4-2)16-20-36-26-15-12-23(21-34-26)29-32-17-10-18-33-29/h10,12-15,17-18,21-22H,3-9,11,16,19-20H2,1-2H3. The van der Waals surface area contributed by atoms with Gasteiger partial charge in [-0.1, -0.05) is 58.4 Å². The molecule has 0 aliphatic rings. The number of hydrogen-bond acceptors (Lipinski definition) is 5. The van der Waals surface area contributed by atoms with Gasteiger partial charge in [0.2, 0.25) is 11.7 Å². The summed E-state index contributed by atoms with van der Waals surface area (Å²) in [5.41, 5.74) is 1.16. The molecule has 0 aliphatic carbocycles. The third-order valence-electron chi connectivity index (χ3n) is 6.19. The number of aromatic nitrogens is 3. The maximum absolute atomic E-state index is 15.0. The fourth-order valence-electron chi connectivity index (χ4n) is 4.19. The first-order valence-electron chi connectivity index (χ1n) is 13.1. The molecule has 36 heavy (non-hydrogen) atoms. The maximum atomic E-state index is 15.0. The van der Waals surface area contributed by atoms with Crippen LogP contribution in [-0.4, -0.2) is 28.2 Å². The predicted octanol–water partition coefficient (Wildman–Crippen LogP) is 7.91. The van der Waals surface area contributed by atoms with E-state index in [1.54, 1.807) is 42.9 Å². The Labute approximate surface area is 213 Å². The normalized spacial score (nSPS) is 11.9. The summed E-state index contributed by atoms with van der Waals surface area (Å²) in [6.07, 6.45) is 13.8. The van der Waals surface area contributed by atoms with Gasteiger partial charge in [-0.05, 0) is 48.9 Å². The summed E-state index contributed by atoms with van der Waals surface area (Å²) in [5.74, 6) is -0.830. The molecular weight excluding hydrogens is 460 g/mol. The van der Waals surface area contributed by atoms with Crippen molar-refractivity contribution in [1.82, 2.24) is 15.0 Å². The van der Waals surface area contributed by atoms with Crippen molar-refractivity contribution in [3.63, 3.8) is 0 Å². The third kappa shape index (κ3) is 8.25. The lowest BCUT2D eigenvalue weighted by atomic mass is 9.91. The van der Waals surface area contributed by atoms with Crippen molar-refractivity contribution in [3.05, 3.63) is 66.1 Å². The van der Waals surface area contributed by atoms with E-state index in [1.807, 2.05) is 13.0 Å². The molecule has 2 heterocycles. The molecular formula is C29H37F2N3O2. The summed E-state index contributed by atoms with van der Waals surface area (Å²) in [6.45, 7) is 4.96. The van der Waals surface area contributed by atoms with E-state index in [4.69, 9.17) is 9.47 Å². The third-order valence-corrected chi connectivity index (χ3v) is 6.19. The highest BCUT2D eigenvalue weighted by molar-refractivity contribution is 5.53. The molecule has 3 rings (SSSR count). The molecule has 0 fully saturated rings. The van der Waals surface area contributed by atoms with Crippen LogP contribution in [0.5, 0.6) is 11.6 Å². The van der Waals surface area contributed by atoms with Gasteiger partial charge in [0, 0.05) is 30.2 Å². The Kier molecular flexibility index (Phi) is 11.5. The molecule has 2 aromatic heterocycles. The van der Waals surface area contributed by atoms with Crippen LogP contribution in [0.2, 0.25) is 0 Å². The van der Waals surface area contributed by atoms with E-state index in [2.05, 4.69) is 21.9 Å². The van der Waals surface area contributed by atoms with E-state index >= 15 is 0 Å². The number of nitrogens with zero attached hydrogens (tertiary/aromatic N) is 3. The summed E-state index contributed by atoms with van der Waals surface area (Å²) >= 11 is 0. The molecule has 1 unspecified atom stereocenters. The fourth-order valence-corrected chi connectivity index (χ4v) is 4.19. The highest BCUT2D eigenvalue weighted by atomic mass is 19.2. The molecule has 7 heteroatoms. The first kappa shape index (κ1) is 27.5. The Morgan fingerprint density at radius 3 is 2.25 bits per heavy atom. The second-order valence-electron chi connectivity index (χ2n) is 8.98. The largest absolute Gasteiger partial charge is 0.490 e. The Bertz CT molecular complexity index is 1030. The summed E-state index contributed by atoms with van der Waals surface area (Å²) in [4.78, 5) is 12.7. The number of pyridine rings is 1. The topological polar surface area (TPSA) is 57.1 Å². The zero-order valence-corrected chi connectivity index (χ0v) is 21.4. The minimum Gasteiger partial charge on any atom is -0.490 e. The number of rotatable bonds is 16. The molecule has 0 bridgehead atoms. The van der Waals surface area contributed by atoms with E-state index < -0.39 is 11.6 Å². The van der Waals surface area contributed by atoms with Crippen LogP contribution < -0.4 is 9.47 Å². The van der Waals surface area contributed by atoms with Crippen LogP contribution in [0.3, 0.4) is 0 Å². The summed E-state index contributed by atoms with van der Waals surface area (Å²) in [7, 11) is 0. The van der Waals surface area contributed by atoms with Gasteiger partial charge in [0.15, 0.2) is 17.4 Å². The summed E-state index contributed by atoms with van der Waals surface area (Å²) in [6, 6.07) is 8.58. The Morgan fingerprint density at radius 1 is 0.750 bits per heavy atom. The first-order chi connectivity index (χ1) is 17.6. The van der Waals surface area contributed by atoms with Gasteiger partial charge in [-0.15, -0.1) is 0 Å². The average molecular weight is 498 g/mol. The Hall–Kier alpha value is -3.09. The average Bonchev–Trinajstić information content (AvgIpc) is 2.91. The van der Waals surface area contributed by atoms with E-state index in [-0.39, 0.29) is 11.7 Å². The fraction of sp³-hybridized carbons (Fsp3) is 0.483. The van der Waals surface area contributed by atoms with Gasteiger partial charge < -0.3 is 9.47 Å². The van der Waals surface area contributed by atoms with Crippen LogP contribution in [-0.2, 0) is 0 Å². The van der Waals surface area contributed by atoms with Gasteiger partial charge in [0.1, 0.15) is 0 Å². The summed E-state index contributed by atoms with van der Waals surface area (Å²) in [5, 5.41) is 0. The summed E-state index contributed by atoms with van der Waals surface area (Å²) < 4.78 is 41.1. The lowest BCUT2D eigenvalue weighted by Crippen LogP contribution is -2.10. The minimum atomic E-state index is -0.902. The maximum Gasteiger partial charge on any atom is 0.213 e. The highest BCUT2D eigenvalue weighted by Crippen LogP contribution is 2.32. The van der Waals surface area contributed by atoms with Crippen molar-refractivity contribution in [2.45, 2.75) is 77.6 Å². The monoisotopic (exact) mass is 497 g/mol. The second-order valence-corrected chi connectivity index (χ2v) is 8.98. The number of benzene rings is 1. The van der Waals surface area contributed by atoms with Crippen LogP contribution in [0.1, 0.15) is 83.1 Å². The molecule has 1 atom stereocenters. The van der Waals surface area contributed by atoms with Gasteiger partial charge >= 0.3 is 0 Å². The number of ether oxygens (including phenoxy) is 2. The zero-order chi connectivity index (χ0) is 25.6. The number of unbranched alkanes of at least 4 members (excludes halogenated alkanes) is 5. The van der Waals surface area contributed by atoms with Gasteiger partial charge in [-0.25, -0.2) is 19.3 Å². The Morgan fingerprint density at radius 2 is 1.53 bits per heavy atom. The van der Waals surface area contributed by atoms with Crippen LogP contribution in [0.15, 0.2) is 48.9 Å². The van der Waals surface area contributed by atoms with Crippen molar-refractivity contribution in [1.29, 1.82) is 0 Å². The number of halogens is 2. The molecule has 194 valence electrons. The van der Waals surface area contributed by atoms with E-state index in [0.29, 0.717) is 36.9 Å². The van der Waals surface area contributed by atoms with Crippen LogP contribution in [0, 0.1) is 11.6 Å². The molecule has 0 N–H and O–H groups in total. The van der Waals surface area contributed by atoms with Crippen LogP contribution >= 0.6 is 0 Å². The highest BCUT2D eigenvalue weighted by Gasteiger charge is 2.21. The quantitative estimate of drug-likeness (QED) is 0.188. The molecule has 1 aromatic carbocycles. The van der Waals surface area contributed by atoms with Gasteiger partial charge in [-0.3, -0.25) is 0 Å². The van der Waals surface area contributed by atoms with Crippen molar-refractivity contribution >= 4 is 0 Å². The van der Waals surface area contributed by atoms with E-state index in [0.717, 1.165) is 37.7 Å². The van der Waals surface area contributed by atoms with Crippen molar-refractivity contribution in [2.75, 3.05) is 13.2 Å². The van der Waals surface area contributed by atoms with Crippen LogP contribution in [0.4, 0.5) is 8.78 Å². The number of hydrogen-bond donors (Lipinski definition) is 0. The van der Waals surface area contributed by atoms with Crippen molar-refractivity contribution < 1.29 is 18.3 Å². The van der Waals surface area contributed by atoms with Crippen molar-refractivity contribution in [2.24, 2.45) is 0 Å². The molecule has 0 amide bonds. The lowest BCUT2D eigenvalue weighted by molar-refractivity contribution is 0.276. The molecule has 0 aliphatic heterocycles. The molecule has 0 spiro atoms. The second kappa shape index (κ2) is 15.1. The molecule has 5 nitrogen and oxygen atoms in total. The van der Waals surface area contributed by atoms with Crippen molar-refractivity contribution in [3.8, 4) is 23.0 Å². The van der Waals surface area contributed by atoms with Gasteiger partial charge in [0.25, 0.3) is 0 Å². The smallest absolute Gasteiger partial charge is 0.213 e. The SMILES string of the molecule is CCCCCCCCOc1ccc(C(CCC)CCOc2ccc(-c3ncccn3)cn2)c(F)c1F. The van der Waals surface area contributed by atoms with Gasteiger partial charge in [-0.2, -0.15) is 4.39 Å². The minimum absolute atomic E-state index is 0.0111. The lowest BCUT2D eigenvalue weighted by Gasteiger charge is -2.19. The molecule has 0 saturated carbocycles. The van der Waals surface area contributed by atoms with E-state index in [1.165, 1.54) is 19.3 Å². The van der Waals surface area contributed by atoms with E-state index in [9.17, 15) is 8.78 Å². The zero-order valence-electron chi connectivity index (χ0n) is 21.4. The van der Waals surface area contributed by atoms with Crippen LogP contribution in [0.25, 0.3) is 11.4 Å². The Balaban J connectivity index is 1.53. The molecule has 0 radical (unpaired) electrons. The predicted molar refractivity (Wildman–Crippen MR) is 138 cm³/mol. The van der Waals surface area contributed by atoms with Gasteiger partial charge in [0.05, 0.1) is 13.2 Å². The first-order valence-corrected chi connectivity index (χ1v) is 13.1. The molecule has 3 aromatic rings. The molecule has 0 saturated heterocycles.